The summed E-state index contributed by atoms with van der Waals surface area (Å²) in [6.07, 6.45) is 3.37. The number of imide groups is 1. The Balaban J connectivity index is 2.73. The van der Waals surface area contributed by atoms with Gasteiger partial charge >= 0.3 is 0 Å². The third-order valence-electron chi connectivity index (χ3n) is 3.07. The highest BCUT2D eigenvalue weighted by molar-refractivity contribution is 5.95. The molecule has 0 aliphatic carbocycles. The number of hydrogen-bond acceptors (Lipinski definition) is 2. The van der Waals surface area contributed by atoms with Gasteiger partial charge in [0.2, 0.25) is 11.8 Å². The molecule has 0 N–H and O–H groups in total. The second kappa shape index (κ2) is 4.58. The lowest BCUT2D eigenvalue weighted by atomic mass is 9.95. The van der Waals surface area contributed by atoms with E-state index >= 15 is 0 Å². The molecule has 0 aromatic rings. The second-order valence-electron chi connectivity index (χ2n) is 4.41. The van der Waals surface area contributed by atoms with Crippen LogP contribution in [0.1, 0.15) is 39.5 Å². The van der Waals surface area contributed by atoms with Crippen LogP contribution in [0.3, 0.4) is 0 Å². The summed E-state index contributed by atoms with van der Waals surface area (Å²) < 4.78 is 0. The highest BCUT2D eigenvalue weighted by Gasteiger charge is 2.24. The van der Waals surface area contributed by atoms with Crippen LogP contribution in [0.2, 0.25) is 0 Å². The van der Waals surface area contributed by atoms with Crippen LogP contribution < -0.4 is 0 Å². The topological polar surface area (TPSA) is 37.4 Å². The molecule has 1 heterocycles. The largest absolute Gasteiger partial charge is 0.286 e. The number of rotatable bonds is 0. The Kier molecular flexibility index (Phi) is 3.67. The van der Waals surface area contributed by atoms with Gasteiger partial charge in [0, 0.05) is 19.4 Å². The molecular weight excluding hydrogens is 178 g/mol. The van der Waals surface area contributed by atoms with Crippen molar-refractivity contribution >= 4 is 11.8 Å². The molecule has 0 spiro atoms. The summed E-state index contributed by atoms with van der Waals surface area (Å²) in [5, 5.41) is 0. The Morgan fingerprint density at radius 3 is 2.43 bits per heavy atom. The summed E-state index contributed by atoms with van der Waals surface area (Å²) in [7, 11) is 1.59. The van der Waals surface area contributed by atoms with Crippen LogP contribution >= 0.6 is 0 Å². The number of amides is 2. The lowest BCUT2D eigenvalue weighted by molar-refractivity contribution is -0.145. The van der Waals surface area contributed by atoms with E-state index in [1.807, 2.05) is 6.92 Å². The minimum absolute atomic E-state index is 0.00972. The quantitative estimate of drug-likeness (QED) is 0.555. The van der Waals surface area contributed by atoms with Crippen LogP contribution in [0.25, 0.3) is 0 Å². The highest BCUT2D eigenvalue weighted by Crippen LogP contribution is 2.21. The first kappa shape index (κ1) is 11.2. The van der Waals surface area contributed by atoms with E-state index in [4.69, 9.17) is 0 Å². The van der Waals surface area contributed by atoms with Crippen molar-refractivity contribution in [2.45, 2.75) is 39.5 Å². The SMILES string of the molecule is C[C@@H]1CCC(=O)N(C)C(=O)[C@@H](C)CC1. The number of nitrogens with zero attached hydrogens (tertiary/aromatic N) is 1. The predicted molar refractivity (Wildman–Crippen MR) is 54.6 cm³/mol. The van der Waals surface area contributed by atoms with E-state index in [1.54, 1.807) is 7.05 Å². The zero-order valence-corrected chi connectivity index (χ0v) is 9.25. The molecule has 0 unspecified atom stereocenters. The summed E-state index contributed by atoms with van der Waals surface area (Å²) in [5.41, 5.74) is 0. The maximum absolute atomic E-state index is 11.7. The zero-order chi connectivity index (χ0) is 10.7. The molecule has 1 aliphatic heterocycles. The molecule has 1 saturated heterocycles. The first-order chi connectivity index (χ1) is 6.52. The monoisotopic (exact) mass is 197 g/mol. The van der Waals surface area contributed by atoms with Gasteiger partial charge in [-0.05, 0) is 25.2 Å². The lowest BCUT2D eigenvalue weighted by Gasteiger charge is -2.17. The van der Waals surface area contributed by atoms with Crippen molar-refractivity contribution in [1.82, 2.24) is 4.90 Å². The smallest absolute Gasteiger partial charge is 0.231 e. The molecule has 0 aromatic heterocycles. The number of carbonyl (C=O) groups excluding carboxylic acids is 2. The maximum Gasteiger partial charge on any atom is 0.231 e. The lowest BCUT2D eigenvalue weighted by Crippen LogP contribution is -2.36. The Morgan fingerprint density at radius 1 is 1.14 bits per heavy atom. The van der Waals surface area contributed by atoms with E-state index < -0.39 is 0 Å². The van der Waals surface area contributed by atoms with Gasteiger partial charge in [0.25, 0.3) is 0 Å². The average Bonchev–Trinajstić information content (AvgIpc) is 2.21. The fourth-order valence-electron chi connectivity index (χ4n) is 1.79. The van der Waals surface area contributed by atoms with Gasteiger partial charge in [0.1, 0.15) is 0 Å². The van der Waals surface area contributed by atoms with Gasteiger partial charge in [0.05, 0.1) is 0 Å². The van der Waals surface area contributed by atoms with Gasteiger partial charge in [-0.15, -0.1) is 0 Å². The van der Waals surface area contributed by atoms with Crippen molar-refractivity contribution in [3.8, 4) is 0 Å². The van der Waals surface area contributed by atoms with Gasteiger partial charge in [-0.3, -0.25) is 14.5 Å². The van der Waals surface area contributed by atoms with Gasteiger partial charge in [0.15, 0.2) is 0 Å². The van der Waals surface area contributed by atoms with E-state index in [2.05, 4.69) is 6.92 Å². The molecule has 1 aliphatic rings. The summed E-state index contributed by atoms with van der Waals surface area (Å²) in [4.78, 5) is 24.5. The molecule has 14 heavy (non-hydrogen) atoms. The van der Waals surface area contributed by atoms with Crippen molar-refractivity contribution in [2.75, 3.05) is 7.05 Å². The first-order valence-corrected chi connectivity index (χ1v) is 5.32. The molecule has 1 rings (SSSR count). The zero-order valence-electron chi connectivity index (χ0n) is 9.25. The average molecular weight is 197 g/mol. The third kappa shape index (κ3) is 2.56. The van der Waals surface area contributed by atoms with E-state index in [-0.39, 0.29) is 17.7 Å². The van der Waals surface area contributed by atoms with E-state index in [9.17, 15) is 9.59 Å². The molecule has 0 radical (unpaired) electrons. The molecule has 0 aromatic carbocycles. The van der Waals surface area contributed by atoms with Crippen LogP contribution in [0.5, 0.6) is 0 Å². The van der Waals surface area contributed by atoms with Crippen molar-refractivity contribution < 1.29 is 9.59 Å². The fourth-order valence-corrected chi connectivity index (χ4v) is 1.79. The standard InChI is InChI=1S/C11H19NO2/c1-8-4-6-9(2)11(14)12(3)10(13)7-5-8/h8-9H,4-7H2,1-3H3/t8-,9-/m0/s1. The Bertz CT molecular complexity index is 237. The van der Waals surface area contributed by atoms with Crippen LogP contribution in [-0.4, -0.2) is 23.8 Å². The summed E-state index contributed by atoms with van der Waals surface area (Å²) in [5.74, 6) is 0.491. The fraction of sp³-hybridized carbons (Fsp3) is 0.818. The molecule has 2 amide bonds. The molecule has 2 atom stereocenters. The van der Waals surface area contributed by atoms with Crippen molar-refractivity contribution in [3.63, 3.8) is 0 Å². The Hall–Kier alpha value is -0.860. The Labute approximate surface area is 85.5 Å². The second-order valence-corrected chi connectivity index (χ2v) is 4.41. The van der Waals surface area contributed by atoms with E-state index in [0.717, 1.165) is 19.3 Å². The maximum atomic E-state index is 11.7. The van der Waals surface area contributed by atoms with Gasteiger partial charge in [-0.1, -0.05) is 13.8 Å². The predicted octanol–water partition coefficient (Wildman–Crippen LogP) is 1.82. The molecule has 0 bridgehead atoms. The summed E-state index contributed by atoms with van der Waals surface area (Å²) >= 11 is 0. The minimum Gasteiger partial charge on any atom is -0.286 e. The van der Waals surface area contributed by atoms with E-state index in [0.29, 0.717) is 12.3 Å². The highest BCUT2D eigenvalue weighted by atomic mass is 16.2. The Morgan fingerprint density at radius 2 is 1.79 bits per heavy atom. The van der Waals surface area contributed by atoms with Crippen molar-refractivity contribution in [1.29, 1.82) is 0 Å². The number of carbonyl (C=O) groups is 2. The van der Waals surface area contributed by atoms with Gasteiger partial charge in [-0.25, -0.2) is 0 Å². The molecule has 3 nitrogen and oxygen atoms in total. The molecule has 3 heteroatoms. The molecule has 80 valence electrons. The van der Waals surface area contributed by atoms with Crippen LogP contribution in [0, 0.1) is 11.8 Å². The molecular formula is C11H19NO2. The van der Waals surface area contributed by atoms with Crippen molar-refractivity contribution in [2.24, 2.45) is 11.8 Å². The van der Waals surface area contributed by atoms with Crippen LogP contribution in [0.15, 0.2) is 0 Å². The third-order valence-corrected chi connectivity index (χ3v) is 3.07. The van der Waals surface area contributed by atoms with Crippen LogP contribution in [0.4, 0.5) is 0 Å². The molecule has 0 saturated carbocycles. The molecule has 1 fully saturated rings. The minimum atomic E-state index is -0.0319. The van der Waals surface area contributed by atoms with Crippen molar-refractivity contribution in [3.05, 3.63) is 0 Å². The number of hydrogen-bond donors (Lipinski definition) is 0. The normalized spacial score (nSPS) is 30.9. The first-order valence-electron chi connectivity index (χ1n) is 5.32. The summed E-state index contributed by atoms with van der Waals surface area (Å²) in [6.45, 7) is 4.06. The van der Waals surface area contributed by atoms with Crippen LogP contribution in [-0.2, 0) is 9.59 Å². The van der Waals surface area contributed by atoms with Gasteiger partial charge < -0.3 is 0 Å². The van der Waals surface area contributed by atoms with Gasteiger partial charge in [-0.2, -0.15) is 0 Å². The van der Waals surface area contributed by atoms with E-state index in [1.165, 1.54) is 4.90 Å². The summed E-state index contributed by atoms with van der Waals surface area (Å²) in [6, 6.07) is 0.